The number of benzene rings is 6. The Labute approximate surface area is 330 Å². The van der Waals surface area contributed by atoms with Gasteiger partial charge in [0, 0.05) is 45.2 Å². The van der Waals surface area contributed by atoms with Crippen LogP contribution in [0.1, 0.15) is 19.7 Å². The maximum absolute atomic E-state index is 6.47. The van der Waals surface area contributed by atoms with Gasteiger partial charge in [-0.25, -0.2) is 15.0 Å². The standard InChI is InChI=1S/C51H38N4O2/c1-32-13-12-29-51(3,30-28-33(2)56-32)50-53-48(52-49(54-50)43-20-11-19-42-40-16-8-9-21-45(40)57-47(42)43)36-24-22-35(23-25-36)38-17-10-18-41-39-27-26-37(34-14-6-5-7-15-34)31-44(39)55(4)46(38)41/h5-31H,2H2,1,3-4H3/b29-12-,30-28-,32-13+. The van der Waals surface area contributed by atoms with Crippen molar-refractivity contribution in [2.24, 2.45) is 7.05 Å². The summed E-state index contributed by atoms with van der Waals surface area (Å²) in [4.78, 5) is 15.5. The first-order valence-electron chi connectivity index (χ1n) is 19.1. The SMILES string of the molecule is C=C1/C=C\C(C)(c2nc(-c3ccc(-c4cccc5c6ccc(-c7ccccc7)cc6n(C)c45)cc3)nc(-c3cccc4c3oc3ccccc34)n2)/C=C\C=C(/C)O1. The Morgan fingerprint density at radius 1 is 0.614 bits per heavy atom. The molecule has 274 valence electrons. The molecule has 9 aromatic rings. The lowest BCUT2D eigenvalue weighted by atomic mass is 9.88. The molecule has 1 atom stereocenters. The maximum Gasteiger partial charge on any atom is 0.167 e. The van der Waals surface area contributed by atoms with Crippen LogP contribution in [0, 0.1) is 0 Å². The fourth-order valence-electron chi connectivity index (χ4n) is 8.04. The van der Waals surface area contributed by atoms with Gasteiger partial charge in [0.25, 0.3) is 0 Å². The molecule has 0 bridgehead atoms. The lowest BCUT2D eigenvalue weighted by Gasteiger charge is -2.21. The molecule has 0 saturated heterocycles. The number of para-hydroxylation sites is 3. The minimum Gasteiger partial charge on any atom is -0.463 e. The maximum atomic E-state index is 6.47. The van der Waals surface area contributed by atoms with Gasteiger partial charge in [-0.2, -0.15) is 0 Å². The first-order chi connectivity index (χ1) is 27.8. The highest BCUT2D eigenvalue weighted by atomic mass is 16.5. The molecule has 6 aromatic carbocycles. The molecule has 10 rings (SSSR count). The molecule has 57 heavy (non-hydrogen) atoms. The number of hydrogen-bond acceptors (Lipinski definition) is 5. The average molecular weight is 739 g/mol. The van der Waals surface area contributed by atoms with Crippen molar-refractivity contribution in [3.8, 4) is 45.0 Å². The van der Waals surface area contributed by atoms with E-state index in [4.69, 9.17) is 24.1 Å². The number of furan rings is 1. The summed E-state index contributed by atoms with van der Waals surface area (Å²) in [5.74, 6) is 2.96. The number of hydrogen-bond donors (Lipinski definition) is 0. The first kappa shape index (κ1) is 34.2. The average Bonchev–Trinajstić information content (AvgIpc) is 3.79. The third-order valence-electron chi connectivity index (χ3n) is 11.0. The Morgan fingerprint density at radius 2 is 1.32 bits per heavy atom. The van der Waals surface area contributed by atoms with Crippen molar-refractivity contribution in [3.05, 3.63) is 188 Å². The molecule has 6 nitrogen and oxygen atoms in total. The van der Waals surface area contributed by atoms with Gasteiger partial charge < -0.3 is 13.7 Å². The Bertz CT molecular complexity index is 3150. The number of allylic oxidation sites excluding steroid dienone is 6. The molecule has 0 N–H and O–H groups in total. The number of fused-ring (bicyclic) bond motifs is 6. The fourth-order valence-corrected chi connectivity index (χ4v) is 8.04. The van der Waals surface area contributed by atoms with Gasteiger partial charge in [-0.05, 0) is 60.9 Å². The summed E-state index contributed by atoms with van der Waals surface area (Å²) in [6.45, 7) is 8.09. The zero-order chi connectivity index (χ0) is 38.7. The molecule has 0 spiro atoms. The van der Waals surface area contributed by atoms with Crippen LogP contribution in [-0.4, -0.2) is 19.5 Å². The molecule has 0 fully saturated rings. The van der Waals surface area contributed by atoms with Crippen LogP contribution in [0.4, 0.5) is 0 Å². The molecule has 0 aliphatic carbocycles. The van der Waals surface area contributed by atoms with E-state index in [0.29, 0.717) is 23.2 Å². The molecule has 6 heteroatoms. The van der Waals surface area contributed by atoms with E-state index in [1.54, 1.807) is 0 Å². The van der Waals surface area contributed by atoms with Crippen molar-refractivity contribution < 1.29 is 9.15 Å². The normalized spacial score (nSPS) is 17.9. The second-order valence-electron chi connectivity index (χ2n) is 14.8. The van der Waals surface area contributed by atoms with E-state index >= 15 is 0 Å². The lowest BCUT2D eigenvalue weighted by molar-refractivity contribution is 0.324. The quantitative estimate of drug-likeness (QED) is 0.176. The van der Waals surface area contributed by atoms with Crippen LogP contribution in [0.15, 0.2) is 186 Å². The summed E-state index contributed by atoms with van der Waals surface area (Å²) in [6.07, 6.45) is 9.88. The van der Waals surface area contributed by atoms with Crippen molar-refractivity contribution in [1.29, 1.82) is 0 Å². The molecule has 0 radical (unpaired) electrons. The van der Waals surface area contributed by atoms with Gasteiger partial charge >= 0.3 is 0 Å². The van der Waals surface area contributed by atoms with E-state index < -0.39 is 5.41 Å². The highest BCUT2D eigenvalue weighted by Crippen LogP contribution is 2.39. The number of nitrogens with zero attached hydrogens (tertiary/aromatic N) is 4. The molecule has 1 unspecified atom stereocenters. The fraction of sp³-hybridized carbons (Fsp3) is 0.0784. The molecule has 0 saturated carbocycles. The highest BCUT2D eigenvalue weighted by Gasteiger charge is 2.28. The van der Waals surface area contributed by atoms with E-state index in [1.807, 2.05) is 61.6 Å². The first-order valence-corrected chi connectivity index (χ1v) is 19.1. The summed E-state index contributed by atoms with van der Waals surface area (Å²) in [5.41, 5.74) is 9.57. The predicted molar refractivity (Wildman–Crippen MR) is 232 cm³/mol. The monoisotopic (exact) mass is 738 g/mol. The second kappa shape index (κ2) is 13.5. The van der Waals surface area contributed by atoms with Crippen molar-refractivity contribution >= 4 is 43.7 Å². The van der Waals surface area contributed by atoms with Gasteiger partial charge in [0.05, 0.1) is 16.5 Å². The van der Waals surface area contributed by atoms with E-state index in [9.17, 15) is 0 Å². The Morgan fingerprint density at radius 3 is 2.16 bits per heavy atom. The number of aryl methyl sites for hydroxylation is 1. The van der Waals surface area contributed by atoms with Crippen LogP contribution in [0.25, 0.3) is 88.8 Å². The Hall–Kier alpha value is -7.31. The Balaban J connectivity index is 1.11. The van der Waals surface area contributed by atoms with Crippen LogP contribution in [0.5, 0.6) is 0 Å². The zero-order valence-electron chi connectivity index (χ0n) is 31.9. The number of ether oxygens (including phenoxy) is 1. The van der Waals surface area contributed by atoms with Crippen molar-refractivity contribution in [3.63, 3.8) is 0 Å². The molecular formula is C51H38N4O2. The van der Waals surface area contributed by atoms with Crippen LogP contribution in [0.3, 0.4) is 0 Å². The van der Waals surface area contributed by atoms with E-state index in [2.05, 4.69) is 134 Å². The van der Waals surface area contributed by atoms with Crippen LogP contribution in [0.2, 0.25) is 0 Å². The largest absolute Gasteiger partial charge is 0.463 e. The van der Waals surface area contributed by atoms with Gasteiger partial charge in [0.1, 0.15) is 28.5 Å². The van der Waals surface area contributed by atoms with Crippen LogP contribution >= 0.6 is 0 Å². The smallest absolute Gasteiger partial charge is 0.167 e. The molecule has 1 aliphatic heterocycles. The number of aromatic nitrogens is 4. The third kappa shape index (κ3) is 5.94. The minimum atomic E-state index is -0.716. The van der Waals surface area contributed by atoms with Gasteiger partial charge in [-0.15, -0.1) is 0 Å². The Kier molecular flexibility index (Phi) is 8.08. The zero-order valence-corrected chi connectivity index (χ0v) is 31.9. The summed E-state index contributed by atoms with van der Waals surface area (Å²) in [5, 5.41) is 4.52. The molecule has 0 amide bonds. The predicted octanol–water partition coefficient (Wildman–Crippen LogP) is 12.9. The van der Waals surface area contributed by atoms with Crippen molar-refractivity contribution in [1.82, 2.24) is 19.5 Å². The topological polar surface area (TPSA) is 66.0 Å². The van der Waals surface area contributed by atoms with Crippen LogP contribution < -0.4 is 0 Å². The summed E-state index contributed by atoms with van der Waals surface area (Å²) < 4.78 is 14.6. The summed E-state index contributed by atoms with van der Waals surface area (Å²) in [6, 6.07) is 46.6. The summed E-state index contributed by atoms with van der Waals surface area (Å²) >= 11 is 0. The third-order valence-corrected chi connectivity index (χ3v) is 11.0. The second-order valence-corrected chi connectivity index (χ2v) is 14.8. The van der Waals surface area contributed by atoms with Gasteiger partial charge in [0.15, 0.2) is 11.6 Å². The van der Waals surface area contributed by atoms with E-state index in [1.165, 1.54) is 32.9 Å². The minimum absolute atomic E-state index is 0.531. The van der Waals surface area contributed by atoms with Gasteiger partial charge in [-0.1, -0.05) is 140 Å². The van der Waals surface area contributed by atoms with E-state index in [-0.39, 0.29) is 0 Å². The lowest BCUT2D eigenvalue weighted by Crippen LogP contribution is -2.21. The van der Waals surface area contributed by atoms with Crippen LogP contribution in [-0.2, 0) is 17.2 Å². The molecule has 1 aliphatic rings. The van der Waals surface area contributed by atoms with Gasteiger partial charge in [-0.3, -0.25) is 0 Å². The van der Waals surface area contributed by atoms with Gasteiger partial charge in [0.2, 0.25) is 0 Å². The molecular weight excluding hydrogens is 701 g/mol. The highest BCUT2D eigenvalue weighted by molar-refractivity contribution is 6.13. The summed E-state index contributed by atoms with van der Waals surface area (Å²) in [7, 11) is 2.16. The number of rotatable bonds is 5. The molecule has 4 heterocycles. The molecule has 3 aromatic heterocycles. The van der Waals surface area contributed by atoms with Crippen molar-refractivity contribution in [2.45, 2.75) is 19.3 Å². The van der Waals surface area contributed by atoms with E-state index in [0.717, 1.165) is 50.0 Å². The van der Waals surface area contributed by atoms with Crippen molar-refractivity contribution in [2.75, 3.05) is 0 Å².